The summed E-state index contributed by atoms with van der Waals surface area (Å²) in [6.45, 7) is 5.47. The zero-order valence-electron chi connectivity index (χ0n) is 7.92. The van der Waals surface area contributed by atoms with Gasteiger partial charge in [0.2, 0.25) is 6.10 Å². The predicted octanol–water partition coefficient (Wildman–Crippen LogP) is 0.437. The molecule has 0 saturated carbocycles. The lowest BCUT2D eigenvalue weighted by atomic mass is 10.2. The molecule has 13 heavy (non-hydrogen) atoms. The van der Waals surface area contributed by atoms with Crippen molar-refractivity contribution in [3.8, 4) is 0 Å². The van der Waals surface area contributed by atoms with Gasteiger partial charge in [-0.3, -0.25) is 0 Å². The van der Waals surface area contributed by atoms with Crippen LogP contribution in [-0.2, 0) is 14.3 Å². The minimum atomic E-state index is -0.799. The molecular formula is C8H13NO4. The molecule has 0 bridgehead atoms. The van der Waals surface area contributed by atoms with Crippen LogP contribution >= 0.6 is 0 Å². The third-order valence-electron chi connectivity index (χ3n) is 1.35. The van der Waals surface area contributed by atoms with Crippen molar-refractivity contribution in [1.82, 2.24) is 5.32 Å². The van der Waals surface area contributed by atoms with E-state index >= 15 is 0 Å². The van der Waals surface area contributed by atoms with Crippen molar-refractivity contribution in [2.24, 2.45) is 0 Å². The minimum Gasteiger partial charge on any atom is -0.457 e. The van der Waals surface area contributed by atoms with E-state index in [0.29, 0.717) is 0 Å². The second kappa shape index (κ2) is 3.24. The molecule has 74 valence electrons. The molecule has 1 N–H and O–H groups in total. The van der Waals surface area contributed by atoms with Crippen LogP contribution in [-0.4, -0.2) is 30.3 Å². The summed E-state index contributed by atoms with van der Waals surface area (Å²) in [7, 11) is 0. The third kappa shape index (κ3) is 2.93. The van der Waals surface area contributed by atoms with Gasteiger partial charge < -0.3 is 14.8 Å². The number of amides is 1. The SMILES string of the molecule is CC(C)(C)OC(=O)C1CNC(=O)O1. The minimum absolute atomic E-state index is 0.188. The van der Waals surface area contributed by atoms with Gasteiger partial charge in [0.25, 0.3) is 0 Å². The summed E-state index contributed by atoms with van der Waals surface area (Å²) in [5.41, 5.74) is -0.550. The fraction of sp³-hybridized carbons (Fsp3) is 0.750. The van der Waals surface area contributed by atoms with E-state index in [2.05, 4.69) is 10.1 Å². The van der Waals surface area contributed by atoms with Gasteiger partial charge in [-0.1, -0.05) is 0 Å². The third-order valence-corrected chi connectivity index (χ3v) is 1.35. The Morgan fingerprint density at radius 2 is 2.23 bits per heavy atom. The van der Waals surface area contributed by atoms with Crippen molar-refractivity contribution >= 4 is 12.1 Å². The molecule has 0 spiro atoms. The standard InChI is InChI=1S/C8H13NO4/c1-8(2,3)13-6(10)5-4-9-7(11)12-5/h5H,4H2,1-3H3,(H,9,11). The summed E-state index contributed by atoms with van der Waals surface area (Å²) in [6, 6.07) is 0. The molecule has 1 rings (SSSR count). The average Bonchev–Trinajstić information content (AvgIpc) is 2.31. The summed E-state index contributed by atoms with van der Waals surface area (Å²) in [6.07, 6.45) is -1.37. The Morgan fingerprint density at radius 3 is 2.62 bits per heavy atom. The molecule has 0 aromatic heterocycles. The molecule has 1 amide bonds. The predicted molar refractivity (Wildman–Crippen MR) is 44.1 cm³/mol. The van der Waals surface area contributed by atoms with Gasteiger partial charge in [-0.15, -0.1) is 0 Å². The molecule has 1 atom stereocenters. The smallest absolute Gasteiger partial charge is 0.408 e. The second-order valence-corrected chi connectivity index (χ2v) is 3.81. The summed E-state index contributed by atoms with van der Waals surface area (Å²) >= 11 is 0. The first-order chi connectivity index (χ1) is 5.88. The van der Waals surface area contributed by atoms with Gasteiger partial charge in [0.1, 0.15) is 5.60 Å². The first-order valence-corrected chi connectivity index (χ1v) is 4.06. The topological polar surface area (TPSA) is 64.6 Å². The normalized spacial score (nSPS) is 22.1. The van der Waals surface area contributed by atoms with Gasteiger partial charge in [-0.25, -0.2) is 9.59 Å². The summed E-state index contributed by atoms with van der Waals surface area (Å²) in [5.74, 6) is -0.508. The van der Waals surface area contributed by atoms with Gasteiger partial charge in [-0.05, 0) is 20.8 Å². The average molecular weight is 187 g/mol. The number of nitrogens with one attached hydrogen (secondary N) is 1. The Labute approximate surface area is 76.4 Å². The van der Waals surface area contributed by atoms with Crippen LogP contribution in [0.25, 0.3) is 0 Å². The van der Waals surface area contributed by atoms with Gasteiger partial charge in [0, 0.05) is 0 Å². The number of carbonyl (C=O) groups is 2. The highest BCUT2D eigenvalue weighted by molar-refractivity contribution is 5.82. The number of hydrogen-bond donors (Lipinski definition) is 1. The Kier molecular flexibility index (Phi) is 2.45. The maximum Gasteiger partial charge on any atom is 0.408 e. The van der Waals surface area contributed by atoms with Crippen molar-refractivity contribution in [3.63, 3.8) is 0 Å². The van der Waals surface area contributed by atoms with E-state index in [1.807, 2.05) is 0 Å². The number of ether oxygens (including phenoxy) is 2. The van der Waals surface area contributed by atoms with E-state index in [9.17, 15) is 9.59 Å². The quantitative estimate of drug-likeness (QED) is 0.605. The van der Waals surface area contributed by atoms with Crippen molar-refractivity contribution in [2.45, 2.75) is 32.5 Å². The molecule has 5 heteroatoms. The lowest BCUT2D eigenvalue weighted by Gasteiger charge is -2.20. The van der Waals surface area contributed by atoms with E-state index in [4.69, 9.17) is 4.74 Å². The molecule has 1 heterocycles. The van der Waals surface area contributed by atoms with Crippen molar-refractivity contribution in [2.75, 3.05) is 6.54 Å². The lowest BCUT2D eigenvalue weighted by Crippen LogP contribution is -2.33. The highest BCUT2D eigenvalue weighted by atomic mass is 16.6. The first kappa shape index (κ1) is 9.83. The number of alkyl carbamates (subject to hydrolysis) is 1. The van der Waals surface area contributed by atoms with E-state index in [-0.39, 0.29) is 6.54 Å². The van der Waals surface area contributed by atoms with Crippen molar-refractivity contribution < 1.29 is 19.1 Å². The largest absolute Gasteiger partial charge is 0.457 e. The molecule has 1 aliphatic heterocycles. The Hall–Kier alpha value is -1.26. The first-order valence-electron chi connectivity index (χ1n) is 4.06. The molecule has 1 fully saturated rings. The highest BCUT2D eigenvalue weighted by Gasteiger charge is 2.32. The van der Waals surface area contributed by atoms with Gasteiger partial charge >= 0.3 is 12.1 Å². The van der Waals surface area contributed by atoms with Crippen LogP contribution in [0.1, 0.15) is 20.8 Å². The fourth-order valence-electron chi connectivity index (χ4n) is 0.888. The summed E-state index contributed by atoms with van der Waals surface area (Å²) in [5, 5.41) is 2.37. The lowest BCUT2D eigenvalue weighted by molar-refractivity contribution is -0.163. The Balaban J connectivity index is 2.45. The van der Waals surface area contributed by atoms with E-state index in [0.717, 1.165) is 0 Å². The molecule has 0 aliphatic carbocycles. The van der Waals surface area contributed by atoms with Crippen LogP contribution in [0.3, 0.4) is 0 Å². The molecular weight excluding hydrogens is 174 g/mol. The second-order valence-electron chi connectivity index (χ2n) is 3.81. The van der Waals surface area contributed by atoms with Crippen LogP contribution in [0.5, 0.6) is 0 Å². The number of esters is 1. The molecule has 1 saturated heterocycles. The maximum atomic E-state index is 11.3. The van der Waals surface area contributed by atoms with Crippen LogP contribution in [0.2, 0.25) is 0 Å². The molecule has 5 nitrogen and oxygen atoms in total. The molecule has 1 unspecified atom stereocenters. The van der Waals surface area contributed by atoms with E-state index < -0.39 is 23.8 Å². The van der Waals surface area contributed by atoms with Crippen LogP contribution in [0.15, 0.2) is 0 Å². The van der Waals surface area contributed by atoms with E-state index in [1.165, 1.54) is 0 Å². The maximum absolute atomic E-state index is 11.3. The zero-order chi connectivity index (χ0) is 10.1. The monoisotopic (exact) mass is 187 g/mol. The van der Waals surface area contributed by atoms with E-state index in [1.54, 1.807) is 20.8 Å². The molecule has 1 aliphatic rings. The Morgan fingerprint density at radius 1 is 1.62 bits per heavy atom. The molecule has 0 aromatic carbocycles. The summed E-state index contributed by atoms with van der Waals surface area (Å²) in [4.78, 5) is 21.8. The fourth-order valence-corrected chi connectivity index (χ4v) is 0.888. The van der Waals surface area contributed by atoms with Crippen molar-refractivity contribution in [1.29, 1.82) is 0 Å². The number of carbonyl (C=O) groups excluding carboxylic acids is 2. The number of rotatable bonds is 1. The number of hydrogen-bond acceptors (Lipinski definition) is 4. The van der Waals surface area contributed by atoms with Crippen LogP contribution < -0.4 is 5.32 Å². The molecule has 0 aromatic rings. The zero-order valence-corrected chi connectivity index (χ0v) is 7.92. The van der Waals surface area contributed by atoms with Gasteiger partial charge in [0.15, 0.2) is 0 Å². The number of cyclic esters (lactones) is 1. The summed E-state index contributed by atoms with van der Waals surface area (Å²) < 4.78 is 9.66. The van der Waals surface area contributed by atoms with Crippen molar-refractivity contribution in [3.05, 3.63) is 0 Å². The van der Waals surface area contributed by atoms with Gasteiger partial charge in [-0.2, -0.15) is 0 Å². The highest BCUT2D eigenvalue weighted by Crippen LogP contribution is 2.11. The van der Waals surface area contributed by atoms with Crippen LogP contribution in [0, 0.1) is 0 Å². The van der Waals surface area contributed by atoms with Gasteiger partial charge in [0.05, 0.1) is 6.54 Å². The van der Waals surface area contributed by atoms with Crippen LogP contribution in [0.4, 0.5) is 4.79 Å². The Bertz CT molecular complexity index is 231. The molecule has 0 radical (unpaired) electrons.